The SMILES string of the molecule is CN1CCCC(N(C)Cc2cc3c(cc2N)OCCO3)C1. The number of nitrogen functional groups attached to an aromatic ring is 1. The van der Waals surface area contributed by atoms with Crippen LogP contribution >= 0.6 is 0 Å². The van der Waals surface area contributed by atoms with Gasteiger partial charge in [-0.05, 0) is 45.1 Å². The van der Waals surface area contributed by atoms with Crippen molar-refractivity contribution in [2.45, 2.75) is 25.4 Å². The molecule has 2 heterocycles. The van der Waals surface area contributed by atoms with Crippen molar-refractivity contribution in [3.8, 4) is 11.5 Å². The van der Waals surface area contributed by atoms with Crippen molar-refractivity contribution < 1.29 is 9.47 Å². The second-order valence-corrected chi connectivity index (χ2v) is 6.17. The lowest BCUT2D eigenvalue weighted by Crippen LogP contribution is -2.44. The first kappa shape index (κ1) is 14.5. The number of anilines is 1. The summed E-state index contributed by atoms with van der Waals surface area (Å²) < 4.78 is 11.2. The molecular formula is C16H25N3O2. The fourth-order valence-electron chi connectivity index (χ4n) is 3.18. The van der Waals surface area contributed by atoms with Gasteiger partial charge in [0.1, 0.15) is 13.2 Å². The minimum absolute atomic E-state index is 0.594. The van der Waals surface area contributed by atoms with E-state index in [-0.39, 0.29) is 0 Å². The average molecular weight is 291 g/mol. The first-order valence-electron chi connectivity index (χ1n) is 7.70. The van der Waals surface area contributed by atoms with Crippen LogP contribution in [0.3, 0.4) is 0 Å². The second-order valence-electron chi connectivity index (χ2n) is 6.17. The lowest BCUT2D eigenvalue weighted by Gasteiger charge is -2.36. The van der Waals surface area contributed by atoms with Crippen molar-refractivity contribution in [3.05, 3.63) is 17.7 Å². The Morgan fingerprint density at radius 1 is 1.29 bits per heavy atom. The molecular weight excluding hydrogens is 266 g/mol. The van der Waals surface area contributed by atoms with Crippen molar-refractivity contribution >= 4 is 5.69 Å². The number of piperidine rings is 1. The van der Waals surface area contributed by atoms with Crippen molar-refractivity contribution in [3.63, 3.8) is 0 Å². The van der Waals surface area contributed by atoms with Gasteiger partial charge in [0.05, 0.1) is 0 Å². The number of fused-ring (bicyclic) bond motifs is 1. The van der Waals surface area contributed by atoms with E-state index in [1.165, 1.54) is 19.4 Å². The number of rotatable bonds is 3. The van der Waals surface area contributed by atoms with Gasteiger partial charge < -0.3 is 20.1 Å². The molecule has 0 saturated carbocycles. The van der Waals surface area contributed by atoms with E-state index in [0.29, 0.717) is 19.3 Å². The van der Waals surface area contributed by atoms with Crippen LogP contribution in [0.15, 0.2) is 12.1 Å². The number of nitrogens with two attached hydrogens (primary N) is 1. The minimum Gasteiger partial charge on any atom is -0.486 e. The summed E-state index contributed by atoms with van der Waals surface area (Å²) in [5, 5.41) is 0. The molecule has 2 aliphatic rings. The molecule has 1 atom stereocenters. The monoisotopic (exact) mass is 291 g/mol. The van der Waals surface area contributed by atoms with E-state index in [9.17, 15) is 0 Å². The van der Waals surface area contributed by atoms with Gasteiger partial charge in [-0.2, -0.15) is 0 Å². The van der Waals surface area contributed by atoms with Gasteiger partial charge in [-0.25, -0.2) is 0 Å². The molecule has 0 spiro atoms. The number of benzene rings is 1. The Morgan fingerprint density at radius 3 is 2.71 bits per heavy atom. The van der Waals surface area contributed by atoms with Gasteiger partial charge in [0, 0.05) is 30.9 Å². The van der Waals surface area contributed by atoms with E-state index < -0.39 is 0 Å². The number of likely N-dealkylation sites (N-methyl/N-ethyl adjacent to an activating group) is 2. The molecule has 0 aromatic heterocycles. The van der Waals surface area contributed by atoms with Crippen LogP contribution in [0.2, 0.25) is 0 Å². The highest BCUT2D eigenvalue weighted by Gasteiger charge is 2.22. The van der Waals surface area contributed by atoms with Crippen LogP contribution in [0.4, 0.5) is 5.69 Å². The number of ether oxygens (including phenoxy) is 2. The Bertz CT molecular complexity index is 507. The Hall–Kier alpha value is -1.46. The van der Waals surface area contributed by atoms with Gasteiger partial charge in [0.15, 0.2) is 11.5 Å². The first-order chi connectivity index (χ1) is 10.1. The summed E-state index contributed by atoms with van der Waals surface area (Å²) >= 11 is 0. The first-order valence-corrected chi connectivity index (χ1v) is 7.70. The zero-order chi connectivity index (χ0) is 14.8. The summed E-state index contributed by atoms with van der Waals surface area (Å²) in [6.45, 7) is 4.39. The van der Waals surface area contributed by atoms with Crippen LogP contribution in [-0.2, 0) is 6.54 Å². The fourth-order valence-corrected chi connectivity index (χ4v) is 3.18. The molecule has 0 amide bonds. The summed E-state index contributed by atoms with van der Waals surface area (Å²) in [6, 6.07) is 4.52. The van der Waals surface area contributed by atoms with Gasteiger partial charge >= 0.3 is 0 Å². The molecule has 116 valence electrons. The molecule has 1 fully saturated rings. The smallest absolute Gasteiger partial charge is 0.163 e. The summed E-state index contributed by atoms with van der Waals surface area (Å²) in [5.74, 6) is 1.59. The zero-order valence-electron chi connectivity index (χ0n) is 13.0. The lowest BCUT2D eigenvalue weighted by atomic mass is 10.0. The normalized spacial score (nSPS) is 22.5. The third-order valence-electron chi connectivity index (χ3n) is 4.45. The maximum absolute atomic E-state index is 6.18. The van der Waals surface area contributed by atoms with E-state index in [0.717, 1.165) is 35.8 Å². The third kappa shape index (κ3) is 3.24. The van der Waals surface area contributed by atoms with E-state index >= 15 is 0 Å². The van der Waals surface area contributed by atoms with Gasteiger partial charge in [-0.1, -0.05) is 0 Å². The maximum Gasteiger partial charge on any atom is 0.163 e. The molecule has 0 radical (unpaired) electrons. The van der Waals surface area contributed by atoms with Crippen LogP contribution in [0.25, 0.3) is 0 Å². The van der Waals surface area contributed by atoms with Crippen molar-refractivity contribution in [1.82, 2.24) is 9.80 Å². The highest BCUT2D eigenvalue weighted by Crippen LogP contribution is 2.35. The van der Waals surface area contributed by atoms with E-state index in [1.54, 1.807) is 0 Å². The summed E-state index contributed by atoms with van der Waals surface area (Å²) in [7, 11) is 4.37. The Labute approximate surface area is 126 Å². The Kier molecular flexibility index (Phi) is 4.22. The minimum atomic E-state index is 0.594. The molecule has 1 aromatic rings. The number of likely N-dealkylation sites (tertiary alicyclic amines) is 1. The maximum atomic E-state index is 6.18. The van der Waals surface area contributed by atoms with Crippen molar-refractivity contribution in [2.75, 3.05) is 46.1 Å². The molecule has 2 N–H and O–H groups in total. The van der Waals surface area contributed by atoms with Crippen LogP contribution in [-0.4, -0.2) is 56.2 Å². The van der Waals surface area contributed by atoms with Gasteiger partial charge in [-0.15, -0.1) is 0 Å². The highest BCUT2D eigenvalue weighted by molar-refractivity contribution is 5.58. The third-order valence-corrected chi connectivity index (χ3v) is 4.45. The molecule has 5 nitrogen and oxygen atoms in total. The Balaban J connectivity index is 1.72. The topological polar surface area (TPSA) is 51.0 Å². The summed E-state index contributed by atoms with van der Waals surface area (Å²) in [4.78, 5) is 4.80. The number of nitrogens with zero attached hydrogens (tertiary/aromatic N) is 2. The zero-order valence-corrected chi connectivity index (χ0v) is 13.0. The van der Waals surface area contributed by atoms with Crippen molar-refractivity contribution in [1.29, 1.82) is 0 Å². The molecule has 0 aliphatic carbocycles. The van der Waals surface area contributed by atoms with Crippen LogP contribution < -0.4 is 15.2 Å². The quantitative estimate of drug-likeness (QED) is 0.857. The molecule has 1 unspecified atom stereocenters. The molecule has 3 rings (SSSR count). The largest absolute Gasteiger partial charge is 0.486 e. The van der Waals surface area contributed by atoms with E-state index in [1.807, 2.05) is 12.1 Å². The van der Waals surface area contributed by atoms with Gasteiger partial charge in [-0.3, -0.25) is 4.90 Å². The summed E-state index contributed by atoms with van der Waals surface area (Å²) in [6.07, 6.45) is 2.52. The molecule has 1 saturated heterocycles. The van der Waals surface area contributed by atoms with Crippen LogP contribution in [0.1, 0.15) is 18.4 Å². The number of hydrogen-bond acceptors (Lipinski definition) is 5. The van der Waals surface area contributed by atoms with E-state index in [2.05, 4.69) is 23.9 Å². The average Bonchev–Trinajstić information content (AvgIpc) is 2.48. The van der Waals surface area contributed by atoms with Crippen LogP contribution in [0.5, 0.6) is 11.5 Å². The summed E-state index contributed by atoms with van der Waals surface area (Å²) in [5.41, 5.74) is 8.08. The fraction of sp³-hybridized carbons (Fsp3) is 0.625. The molecule has 2 aliphatic heterocycles. The highest BCUT2D eigenvalue weighted by atomic mass is 16.6. The van der Waals surface area contributed by atoms with Crippen molar-refractivity contribution in [2.24, 2.45) is 0 Å². The standard InChI is InChI=1S/C16H25N3O2/c1-18-5-3-4-13(11-18)19(2)10-12-8-15-16(9-14(12)17)21-7-6-20-15/h8-9,13H,3-7,10-11,17H2,1-2H3. The number of hydrogen-bond donors (Lipinski definition) is 1. The predicted molar refractivity (Wildman–Crippen MR) is 83.8 cm³/mol. The van der Waals surface area contributed by atoms with Gasteiger partial charge in [0.25, 0.3) is 0 Å². The van der Waals surface area contributed by atoms with E-state index in [4.69, 9.17) is 15.2 Å². The molecule has 1 aromatic carbocycles. The molecule has 0 bridgehead atoms. The second kappa shape index (κ2) is 6.12. The molecule has 21 heavy (non-hydrogen) atoms. The predicted octanol–water partition coefficient (Wildman–Crippen LogP) is 1.57. The Morgan fingerprint density at radius 2 is 2.00 bits per heavy atom. The van der Waals surface area contributed by atoms with Gasteiger partial charge in [0.2, 0.25) is 0 Å². The lowest BCUT2D eigenvalue weighted by molar-refractivity contribution is 0.129. The molecule has 5 heteroatoms. The van der Waals surface area contributed by atoms with Crippen LogP contribution in [0, 0.1) is 0 Å².